The molecule has 0 aliphatic heterocycles. The van der Waals surface area contributed by atoms with Gasteiger partial charge in [0, 0.05) is 11.5 Å². The van der Waals surface area contributed by atoms with E-state index in [4.69, 9.17) is 6.58 Å². The molecule has 0 aromatic carbocycles. The summed E-state index contributed by atoms with van der Waals surface area (Å²) in [6, 6.07) is 0. The highest BCUT2D eigenvalue weighted by molar-refractivity contribution is 5.54. The fourth-order valence-electron chi connectivity index (χ4n) is 7.46. The molecule has 0 nitrogen and oxygen atoms in total. The number of allylic oxidation sites excluding steroid dienone is 10. The lowest BCUT2D eigenvalue weighted by molar-refractivity contribution is 0.238. The van der Waals surface area contributed by atoms with E-state index in [9.17, 15) is 0 Å². The molecule has 0 amide bonds. The molecule has 0 N–H and O–H groups in total. The van der Waals surface area contributed by atoms with Gasteiger partial charge < -0.3 is 0 Å². The fourth-order valence-corrected chi connectivity index (χ4v) is 7.46. The highest BCUT2D eigenvalue weighted by Crippen LogP contribution is 2.48. The van der Waals surface area contributed by atoms with Crippen LogP contribution in [0.4, 0.5) is 0 Å². The molecule has 0 heteroatoms. The Balaban J connectivity index is 1.78. The van der Waals surface area contributed by atoms with Gasteiger partial charge in [0.25, 0.3) is 0 Å². The van der Waals surface area contributed by atoms with Gasteiger partial charge in [-0.25, -0.2) is 0 Å². The third-order valence-corrected chi connectivity index (χ3v) is 11.0. The van der Waals surface area contributed by atoms with Crippen LogP contribution in [-0.2, 0) is 0 Å². The number of hydrogen-bond acceptors (Lipinski definition) is 0. The first-order valence-electron chi connectivity index (χ1n) is 17.2. The zero-order valence-corrected chi connectivity index (χ0v) is 27.1. The van der Waals surface area contributed by atoms with Crippen LogP contribution < -0.4 is 0 Å². The van der Waals surface area contributed by atoms with Gasteiger partial charge in [-0.1, -0.05) is 75.6 Å². The van der Waals surface area contributed by atoms with Crippen LogP contribution in [0, 0.1) is 29.6 Å². The molecule has 4 atom stereocenters. The second-order valence-electron chi connectivity index (χ2n) is 14.3. The Kier molecular flexibility index (Phi) is 11.6. The highest BCUT2D eigenvalue weighted by atomic mass is 14.4. The zero-order chi connectivity index (χ0) is 28.6. The maximum absolute atomic E-state index is 4.96. The molecule has 4 unspecified atom stereocenters. The lowest BCUT2D eigenvalue weighted by Gasteiger charge is -2.37. The van der Waals surface area contributed by atoms with Crippen LogP contribution in [-0.4, -0.2) is 0 Å². The van der Waals surface area contributed by atoms with Crippen LogP contribution >= 0.6 is 0 Å². The molecule has 40 heavy (non-hydrogen) atoms. The first kappa shape index (κ1) is 31.2. The van der Waals surface area contributed by atoms with Crippen LogP contribution in [0.5, 0.6) is 0 Å². The van der Waals surface area contributed by atoms with E-state index in [1.165, 1.54) is 107 Å². The van der Waals surface area contributed by atoms with Crippen molar-refractivity contribution >= 4 is 0 Å². The van der Waals surface area contributed by atoms with E-state index in [2.05, 4.69) is 65.5 Å². The van der Waals surface area contributed by atoms with Crippen molar-refractivity contribution < 1.29 is 0 Å². The Labute approximate surface area is 248 Å². The van der Waals surface area contributed by atoms with Crippen molar-refractivity contribution in [2.24, 2.45) is 29.6 Å². The second-order valence-corrected chi connectivity index (χ2v) is 14.3. The minimum Gasteiger partial charge on any atom is -0.116 e. The first-order valence-corrected chi connectivity index (χ1v) is 17.2. The molecule has 4 rings (SSSR count). The van der Waals surface area contributed by atoms with Crippen LogP contribution in [0.3, 0.4) is 0 Å². The Hall–Kier alpha value is -1.78. The summed E-state index contributed by atoms with van der Waals surface area (Å²) < 4.78 is 0. The molecular formula is C40H60. The normalized spacial score (nSPS) is 25.6. The van der Waals surface area contributed by atoms with Gasteiger partial charge in [-0.15, -0.1) is 5.73 Å². The summed E-state index contributed by atoms with van der Waals surface area (Å²) in [6.45, 7) is 19.3. The van der Waals surface area contributed by atoms with Gasteiger partial charge >= 0.3 is 0 Å². The molecule has 0 saturated heterocycles. The molecule has 0 spiro atoms. The van der Waals surface area contributed by atoms with E-state index in [-0.39, 0.29) is 0 Å². The molecule has 0 aromatic rings. The summed E-state index contributed by atoms with van der Waals surface area (Å²) in [5.74, 6) is 3.52. The third kappa shape index (κ3) is 7.94. The van der Waals surface area contributed by atoms with Gasteiger partial charge in [-0.05, 0) is 156 Å². The summed E-state index contributed by atoms with van der Waals surface area (Å²) in [7, 11) is 0. The SMILES string of the molecule is C=C1C(=C=CCC(C)=CCC)C(=C2CCC2)CC(C(C)CC(C)C(C)C)CCC1C(C=C1CCC1)=C1CCCC1. The maximum Gasteiger partial charge on any atom is 0.0225 e. The maximum atomic E-state index is 4.96. The van der Waals surface area contributed by atoms with E-state index in [1.54, 1.807) is 27.9 Å². The standard InChI is InChI=1S/C40H60/c1-8-14-29(4)15-11-22-37-32(7)38(39(26-33-16-12-17-33)34-18-9-10-19-34)24-23-36(27-40(37)35-20-13-21-35)31(6)25-30(5)28(2)3/h11,14,26,28,30-31,36,38H,7-10,12-13,15-21,23-25,27H2,1-6H3. The topological polar surface area (TPSA) is 0 Å². The van der Waals surface area contributed by atoms with Gasteiger partial charge in [0.15, 0.2) is 0 Å². The molecule has 4 aliphatic rings. The highest BCUT2D eigenvalue weighted by Gasteiger charge is 2.33. The average Bonchev–Trinajstić information content (AvgIpc) is 3.38. The summed E-state index contributed by atoms with van der Waals surface area (Å²) in [5.41, 5.74) is 16.7. The predicted octanol–water partition coefficient (Wildman–Crippen LogP) is 12.6. The van der Waals surface area contributed by atoms with Gasteiger partial charge in [-0.3, -0.25) is 0 Å². The molecule has 4 aliphatic carbocycles. The zero-order valence-electron chi connectivity index (χ0n) is 27.1. The largest absolute Gasteiger partial charge is 0.116 e. The lowest BCUT2D eigenvalue weighted by Crippen LogP contribution is -2.24. The summed E-state index contributed by atoms with van der Waals surface area (Å²) >= 11 is 0. The van der Waals surface area contributed by atoms with Crippen LogP contribution in [0.15, 0.2) is 75.1 Å². The molecule has 0 bridgehead atoms. The van der Waals surface area contributed by atoms with Crippen molar-refractivity contribution in [1.82, 2.24) is 0 Å². The van der Waals surface area contributed by atoms with Gasteiger partial charge in [0.2, 0.25) is 0 Å². The van der Waals surface area contributed by atoms with E-state index in [0.717, 1.165) is 36.5 Å². The van der Waals surface area contributed by atoms with Crippen LogP contribution in [0.2, 0.25) is 0 Å². The van der Waals surface area contributed by atoms with E-state index in [1.807, 2.05) is 0 Å². The van der Waals surface area contributed by atoms with Crippen molar-refractivity contribution in [3.05, 3.63) is 75.1 Å². The number of rotatable bonds is 9. The van der Waals surface area contributed by atoms with E-state index >= 15 is 0 Å². The van der Waals surface area contributed by atoms with E-state index < -0.39 is 0 Å². The van der Waals surface area contributed by atoms with E-state index in [0.29, 0.717) is 5.92 Å². The molecular weight excluding hydrogens is 480 g/mol. The van der Waals surface area contributed by atoms with Gasteiger partial charge in [-0.2, -0.15) is 0 Å². The van der Waals surface area contributed by atoms with Crippen LogP contribution in [0.25, 0.3) is 0 Å². The molecule has 220 valence electrons. The Morgan fingerprint density at radius 1 is 0.950 bits per heavy atom. The smallest absolute Gasteiger partial charge is 0.0225 e. The summed E-state index contributed by atoms with van der Waals surface area (Å²) in [5, 5.41) is 0. The summed E-state index contributed by atoms with van der Waals surface area (Å²) in [4.78, 5) is 0. The van der Waals surface area contributed by atoms with Gasteiger partial charge in [0.05, 0.1) is 0 Å². The lowest BCUT2D eigenvalue weighted by atomic mass is 9.67. The molecule has 4 fully saturated rings. The molecule has 0 aromatic heterocycles. The van der Waals surface area contributed by atoms with Gasteiger partial charge in [0.1, 0.15) is 0 Å². The Bertz CT molecular complexity index is 1070. The minimum absolute atomic E-state index is 0.456. The molecule has 0 heterocycles. The molecule has 4 saturated carbocycles. The fraction of sp³-hybridized carbons (Fsp3) is 0.675. The average molecular weight is 541 g/mol. The molecule has 0 radical (unpaired) electrons. The first-order chi connectivity index (χ1) is 19.3. The minimum atomic E-state index is 0.456. The third-order valence-electron chi connectivity index (χ3n) is 11.0. The van der Waals surface area contributed by atoms with Crippen molar-refractivity contribution in [3.8, 4) is 0 Å². The van der Waals surface area contributed by atoms with Crippen molar-refractivity contribution in [2.75, 3.05) is 0 Å². The Morgan fingerprint density at radius 3 is 2.23 bits per heavy atom. The van der Waals surface area contributed by atoms with Crippen molar-refractivity contribution in [1.29, 1.82) is 0 Å². The van der Waals surface area contributed by atoms with Crippen LogP contribution in [0.1, 0.15) is 144 Å². The second kappa shape index (κ2) is 14.9. The van der Waals surface area contributed by atoms with Crippen molar-refractivity contribution in [2.45, 2.75) is 144 Å². The summed E-state index contributed by atoms with van der Waals surface area (Å²) in [6.07, 6.45) is 27.9. The number of hydrogen-bond donors (Lipinski definition) is 0. The monoisotopic (exact) mass is 540 g/mol. The predicted molar refractivity (Wildman–Crippen MR) is 176 cm³/mol. The van der Waals surface area contributed by atoms with Crippen molar-refractivity contribution in [3.63, 3.8) is 0 Å². The Morgan fingerprint density at radius 2 is 1.65 bits per heavy atom. The quantitative estimate of drug-likeness (QED) is 0.201.